The molecule has 6 heteroatoms. The molecular weight excluding hydrogens is 516 g/mol. The summed E-state index contributed by atoms with van der Waals surface area (Å²) in [4.78, 5) is 0. The van der Waals surface area contributed by atoms with E-state index >= 15 is 0 Å². The Morgan fingerprint density at radius 1 is 0.780 bits per heavy atom. The third-order valence-electron chi connectivity index (χ3n) is 13.9. The van der Waals surface area contributed by atoms with E-state index in [1.165, 1.54) is 77.0 Å². The number of aliphatic hydroxyl groups is 4. The molecule has 0 spiro atoms. The van der Waals surface area contributed by atoms with Crippen molar-refractivity contribution < 1.29 is 29.9 Å². The average molecular weight is 579 g/mol. The minimum atomic E-state index is -1.39. The number of fused-ring (bicyclic) bond motifs is 5. The van der Waals surface area contributed by atoms with Crippen LogP contribution in [-0.2, 0) is 9.47 Å². The zero-order chi connectivity index (χ0) is 29.5. The van der Waals surface area contributed by atoms with Crippen LogP contribution < -0.4 is 0 Å². The van der Waals surface area contributed by atoms with Gasteiger partial charge in [-0.15, -0.1) is 0 Å². The summed E-state index contributed by atoms with van der Waals surface area (Å²) in [5.74, 6) is 6.49. The molecule has 5 rings (SSSR count). The van der Waals surface area contributed by atoms with Gasteiger partial charge >= 0.3 is 0 Å². The van der Waals surface area contributed by atoms with Gasteiger partial charge in [0.05, 0.1) is 13.2 Å². The Balaban J connectivity index is 1.14. The first-order chi connectivity index (χ1) is 19.5. The molecule has 6 nitrogen and oxygen atoms in total. The first-order valence-corrected chi connectivity index (χ1v) is 17.4. The van der Waals surface area contributed by atoms with Gasteiger partial charge < -0.3 is 29.9 Å². The second-order valence-corrected chi connectivity index (χ2v) is 16.0. The van der Waals surface area contributed by atoms with Gasteiger partial charge in [-0.25, -0.2) is 0 Å². The van der Waals surface area contributed by atoms with Crippen LogP contribution in [0, 0.1) is 58.2 Å². The van der Waals surface area contributed by atoms with Crippen molar-refractivity contribution in [1.82, 2.24) is 0 Å². The molecule has 0 radical (unpaired) electrons. The standard InChI is InChI=1S/C35H62O6/c1-21(2)23(16-19-40-33-32(39)31(38)30(37)29(20-36)41-33)10-9-22(3)26-13-14-27-25-12-11-24-8-6-7-17-34(24,4)28(25)15-18-35(26,27)5/h21-33,36-39H,6-20H2,1-5H3/t22-,23+,24?,25+,26-,27+,28+,29-,30-,31+,32-,33-,34+,35-/m1/s1. The van der Waals surface area contributed by atoms with Crippen LogP contribution in [0.2, 0.25) is 0 Å². The van der Waals surface area contributed by atoms with Crippen molar-refractivity contribution in [1.29, 1.82) is 0 Å². The zero-order valence-electron chi connectivity index (χ0n) is 26.7. The Bertz CT molecular complexity index is 849. The van der Waals surface area contributed by atoms with E-state index < -0.39 is 37.3 Å². The summed E-state index contributed by atoms with van der Waals surface area (Å²) in [6, 6.07) is 0. The van der Waals surface area contributed by atoms with Crippen molar-refractivity contribution in [2.75, 3.05) is 13.2 Å². The molecule has 238 valence electrons. The fourth-order valence-corrected chi connectivity index (χ4v) is 11.3. The van der Waals surface area contributed by atoms with Gasteiger partial charge in [-0.2, -0.15) is 0 Å². The zero-order valence-corrected chi connectivity index (χ0v) is 26.7. The highest BCUT2D eigenvalue weighted by atomic mass is 16.7. The molecular formula is C35H62O6. The second-order valence-electron chi connectivity index (χ2n) is 16.0. The predicted molar refractivity (Wildman–Crippen MR) is 161 cm³/mol. The Kier molecular flexibility index (Phi) is 10.2. The molecule has 0 aromatic carbocycles. The van der Waals surface area contributed by atoms with Gasteiger partial charge in [0.15, 0.2) is 6.29 Å². The van der Waals surface area contributed by atoms with Gasteiger partial charge in [0.2, 0.25) is 0 Å². The number of rotatable bonds is 10. The van der Waals surface area contributed by atoms with Gasteiger partial charge in [-0.1, -0.05) is 53.9 Å². The first kappa shape index (κ1) is 32.2. The molecule has 0 bridgehead atoms. The molecule has 5 aliphatic rings. The van der Waals surface area contributed by atoms with Crippen molar-refractivity contribution in [3.63, 3.8) is 0 Å². The third kappa shape index (κ3) is 6.06. The topological polar surface area (TPSA) is 99.4 Å². The lowest BCUT2D eigenvalue weighted by molar-refractivity contribution is -0.301. The smallest absolute Gasteiger partial charge is 0.186 e. The summed E-state index contributed by atoms with van der Waals surface area (Å²) in [7, 11) is 0. The lowest BCUT2D eigenvalue weighted by Crippen LogP contribution is -2.59. The summed E-state index contributed by atoms with van der Waals surface area (Å²) in [6.07, 6.45) is 12.0. The molecule has 4 saturated carbocycles. The molecule has 4 aliphatic carbocycles. The summed E-state index contributed by atoms with van der Waals surface area (Å²) in [5, 5.41) is 39.9. The van der Waals surface area contributed by atoms with Crippen LogP contribution in [0.15, 0.2) is 0 Å². The summed E-state index contributed by atoms with van der Waals surface area (Å²) in [5.41, 5.74) is 1.13. The summed E-state index contributed by atoms with van der Waals surface area (Å²) in [6.45, 7) is 12.5. The number of hydrogen-bond acceptors (Lipinski definition) is 6. The third-order valence-corrected chi connectivity index (χ3v) is 13.9. The molecule has 5 fully saturated rings. The van der Waals surface area contributed by atoms with Crippen LogP contribution in [0.5, 0.6) is 0 Å². The summed E-state index contributed by atoms with van der Waals surface area (Å²) < 4.78 is 11.4. The van der Waals surface area contributed by atoms with Gasteiger partial charge in [-0.05, 0) is 122 Å². The largest absolute Gasteiger partial charge is 0.394 e. The maximum absolute atomic E-state index is 10.3. The molecule has 1 unspecified atom stereocenters. The predicted octanol–water partition coefficient (Wildman–Crippen LogP) is 5.93. The van der Waals surface area contributed by atoms with E-state index in [4.69, 9.17) is 9.47 Å². The van der Waals surface area contributed by atoms with E-state index in [0.717, 1.165) is 41.9 Å². The molecule has 4 N–H and O–H groups in total. The lowest BCUT2D eigenvalue weighted by Gasteiger charge is -2.61. The lowest BCUT2D eigenvalue weighted by atomic mass is 9.44. The van der Waals surface area contributed by atoms with Gasteiger partial charge in [-0.3, -0.25) is 0 Å². The minimum absolute atomic E-state index is 0.423. The molecule has 0 aromatic rings. The minimum Gasteiger partial charge on any atom is -0.394 e. The SMILES string of the molecule is CC(C)[C@H](CCO[C@@H]1O[C@H](CO)[C@@H](O)[C@H](O)[C@H]1O)CC[C@@H](C)[C@H]1CC[C@H]2[C@@H]3CCC4CCCC[C@]4(C)[C@H]3CC[C@]12C. The first-order valence-electron chi connectivity index (χ1n) is 17.4. The van der Waals surface area contributed by atoms with E-state index in [0.29, 0.717) is 29.3 Å². The van der Waals surface area contributed by atoms with Crippen molar-refractivity contribution in [2.24, 2.45) is 58.2 Å². The average Bonchev–Trinajstić information content (AvgIpc) is 3.31. The monoisotopic (exact) mass is 578 g/mol. The fourth-order valence-electron chi connectivity index (χ4n) is 11.3. The van der Waals surface area contributed by atoms with E-state index in [1.54, 1.807) is 0 Å². The highest BCUT2D eigenvalue weighted by Gasteiger charge is 2.60. The van der Waals surface area contributed by atoms with Crippen LogP contribution >= 0.6 is 0 Å². The van der Waals surface area contributed by atoms with E-state index in [2.05, 4.69) is 34.6 Å². The Labute approximate surface area is 250 Å². The Morgan fingerprint density at radius 3 is 2.27 bits per heavy atom. The van der Waals surface area contributed by atoms with Crippen molar-refractivity contribution in [2.45, 2.75) is 149 Å². The molecule has 0 amide bonds. The second kappa shape index (κ2) is 13.0. The van der Waals surface area contributed by atoms with Gasteiger partial charge in [0, 0.05) is 0 Å². The van der Waals surface area contributed by atoms with Crippen LogP contribution in [0.4, 0.5) is 0 Å². The Hall–Kier alpha value is -0.240. The molecule has 0 aromatic heterocycles. The Morgan fingerprint density at radius 2 is 1.54 bits per heavy atom. The maximum atomic E-state index is 10.3. The van der Waals surface area contributed by atoms with Gasteiger partial charge in [0.1, 0.15) is 24.4 Å². The summed E-state index contributed by atoms with van der Waals surface area (Å²) >= 11 is 0. The van der Waals surface area contributed by atoms with Gasteiger partial charge in [0.25, 0.3) is 0 Å². The van der Waals surface area contributed by atoms with Crippen LogP contribution in [0.3, 0.4) is 0 Å². The maximum Gasteiger partial charge on any atom is 0.186 e. The normalized spacial score (nSPS) is 47.9. The fraction of sp³-hybridized carbons (Fsp3) is 1.00. The molecule has 14 atom stereocenters. The van der Waals surface area contributed by atoms with Crippen LogP contribution in [0.25, 0.3) is 0 Å². The van der Waals surface area contributed by atoms with Crippen LogP contribution in [-0.4, -0.2) is 64.3 Å². The number of aliphatic hydroxyl groups excluding tert-OH is 4. The van der Waals surface area contributed by atoms with E-state index in [9.17, 15) is 20.4 Å². The highest BCUT2D eigenvalue weighted by Crippen LogP contribution is 2.68. The van der Waals surface area contributed by atoms with E-state index in [-0.39, 0.29) is 0 Å². The molecule has 1 heterocycles. The van der Waals surface area contributed by atoms with Crippen molar-refractivity contribution in [3.05, 3.63) is 0 Å². The molecule has 41 heavy (non-hydrogen) atoms. The quantitative estimate of drug-likeness (QED) is 0.256. The van der Waals surface area contributed by atoms with Crippen molar-refractivity contribution >= 4 is 0 Å². The van der Waals surface area contributed by atoms with E-state index in [1.807, 2.05) is 0 Å². The number of hydrogen-bond donors (Lipinski definition) is 4. The highest BCUT2D eigenvalue weighted by molar-refractivity contribution is 5.09. The molecule has 1 aliphatic heterocycles. The molecule has 1 saturated heterocycles. The number of ether oxygens (including phenoxy) is 2. The van der Waals surface area contributed by atoms with Crippen LogP contribution in [0.1, 0.15) is 118 Å². The van der Waals surface area contributed by atoms with Crippen molar-refractivity contribution in [3.8, 4) is 0 Å².